The van der Waals surface area contributed by atoms with Crippen LogP contribution in [0.4, 0.5) is 0 Å². The number of carboxylic acid groups (broad SMARTS) is 1. The molecule has 4 aromatic rings. The van der Waals surface area contributed by atoms with Crippen LogP contribution in [0.2, 0.25) is 5.02 Å². The quantitative estimate of drug-likeness (QED) is 0.200. The minimum Gasteiger partial charge on any atom is -0.479 e. The molecule has 3 aromatic carbocycles. The summed E-state index contributed by atoms with van der Waals surface area (Å²) in [4.78, 5) is 24.4. The molecule has 0 aliphatic heterocycles. The van der Waals surface area contributed by atoms with Crippen LogP contribution in [0.3, 0.4) is 0 Å². The number of aliphatic carboxylic acids is 1. The van der Waals surface area contributed by atoms with Gasteiger partial charge in [-0.15, -0.1) is 0 Å². The van der Waals surface area contributed by atoms with Gasteiger partial charge in [0.25, 0.3) is 5.91 Å². The van der Waals surface area contributed by atoms with Gasteiger partial charge in [0, 0.05) is 29.2 Å². The molecule has 1 amide bonds. The number of carbonyl (C=O) groups excluding carboxylic acids is 1. The van der Waals surface area contributed by atoms with Crippen LogP contribution in [0.1, 0.15) is 78.0 Å². The van der Waals surface area contributed by atoms with E-state index in [1.54, 1.807) is 12.1 Å². The van der Waals surface area contributed by atoms with Crippen molar-refractivity contribution in [3.63, 3.8) is 0 Å². The van der Waals surface area contributed by atoms with Gasteiger partial charge in [0.05, 0.1) is 11.1 Å². The number of rotatable bonds is 11. The Labute approximate surface area is 240 Å². The Bertz CT molecular complexity index is 1520. The van der Waals surface area contributed by atoms with Gasteiger partial charge in [-0.1, -0.05) is 61.3 Å². The molecule has 1 aromatic heterocycles. The molecular weight excluding hydrogens is 524 g/mol. The first-order chi connectivity index (χ1) is 19.1. The lowest BCUT2D eigenvalue weighted by Crippen LogP contribution is -2.26. The SMILES string of the molecule is CCCCc1ccc([C@H](C)NC(=O)c2ccc3c(Cc4ccc(Cl)c(O[C@H](C)C(=O)O)c4)c(C)n(C)c3c2)cc1. The first kappa shape index (κ1) is 29.2. The molecular formula is C33H37ClN2O4. The third-order valence-electron chi connectivity index (χ3n) is 7.56. The fourth-order valence-corrected chi connectivity index (χ4v) is 5.08. The molecule has 2 N–H and O–H groups in total. The van der Waals surface area contributed by atoms with Crippen LogP contribution in [-0.2, 0) is 24.7 Å². The second kappa shape index (κ2) is 12.6. The highest BCUT2D eigenvalue weighted by Crippen LogP contribution is 2.32. The van der Waals surface area contributed by atoms with Crippen molar-refractivity contribution in [3.05, 3.63) is 99.2 Å². The van der Waals surface area contributed by atoms with E-state index in [0.717, 1.165) is 39.7 Å². The molecule has 0 aliphatic carbocycles. The summed E-state index contributed by atoms with van der Waals surface area (Å²) in [6, 6.07) is 19.6. The zero-order valence-corrected chi connectivity index (χ0v) is 24.5. The Kier molecular flexibility index (Phi) is 9.21. The number of aromatic nitrogens is 1. The summed E-state index contributed by atoms with van der Waals surface area (Å²) in [6.07, 6.45) is 3.02. The topological polar surface area (TPSA) is 80.6 Å². The normalized spacial score (nSPS) is 12.8. The van der Waals surface area contributed by atoms with Crippen LogP contribution < -0.4 is 10.1 Å². The molecule has 1 heterocycles. The Morgan fingerprint density at radius 1 is 1.02 bits per heavy atom. The second-order valence-corrected chi connectivity index (χ2v) is 10.8. The van der Waals surface area contributed by atoms with E-state index in [2.05, 4.69) is 48.0 Å². The predicted octanol–water partition coefficient (Wildman–Crippen LogP) is 7.42. The van der Waals surface area contributed by atoms with Gasteiger partial charge < -0.3 is 19.7 Å². The summed E-state index contributed by atoms with van der Waals surface area (Å²) in [5, 5.41) is 13.8. The van der Waals surface area contributed by atoms with Gasteiger partial charge in [-0.05, 0) is 86.6 Å². The molecule has 2 atom stereocenters. The lowest BCUT2D eigenvalue weighted by Gasteiger charge is -2.15. The minimum absolute atomic E-state index is 0.112. The van der Waals surface area contributed by atoms with Gasteiger partial charge in [0.1, 0.15) is 5.75 Å². The summed E-state index contributed by atoms with van der Waals surface area (Å²) >= 11 is 6.27. The van der Waals surface area contributed by atoms with E-state index in [9.17, 15) is 14.7 Å². The lowest BCUT2D eigenvalue weighted by molar-refractivity contribution is -0.144. The van der Waals surface area contributed by atoms with Gasteiger partial charge >= 0.3 is 5.97 Å². The Balaban J connectivity index is 1.53. The van der Waals surface area contributed by atoms with Crippen molar-refractivity contribution in [3.8, 4) is 5.75 Å². The number of unbranched alkanes of at least 4 members (excludes halogenated alkanes) is 1. The van der Waals surface area contributed by atoms with Gasteiger partial charge in [-0.25, -0.2) is 4.79 Å². The highest BCUT2D eigenvalue weighted by Gasteiger charge is 2.19. The summed E-state index contributed by atoms with van der Waals surface area (Å²) in [5.74, 6) is -0.826. The van der Waals surface area contributed by atoms with Crippen molar-refractivity contribution in [2.45, 2.75) is 65.5 Å². The number of nitrogens with one attached hydrogen (secondary N) is 1. The first-order valence-corrected chi connectivity index (χ1v) is 14.1. The fourth-order valence-electron chi connectivity index (χ4n) is 4.92. The van der Waals surface area contributed by atoms with Crippen LogP contribution in [0, 0.1) is 6.92 Å². The van der Waals surface area contributed by atoms with E-state index in [4.69, 9.17) is 16.3 Å². The number of fused-ring (bicyclic) bond motifs is 1. The number of aryl methyl sites for hydroxylation is 2. The number of carbonyl (C=O) groups is 2. The molecule has 4 rings (SSSR count). The summed E-state index contributed by atoms with van der Waals surface area (Å²) < 4.78 is 7.65. The number of hydrogen-bond acceptors (Lipinski definition) is 3. The van der Waals surface area contributed by atoms with Crippen molar-refractivity contribution < 1.29 is 19.4 Å². The Hall–Kier alpha value is -3.77. The molecule has 210 valence electrons. The Morgan fingerprint density at radius 2 is 1.73 bits per heavy atom. The zero-order chi connectivity index (χ0) is 29.0. The summed E-state index contributed by atoms with van der Waals surface area (Å²) in [5.41, 5.74) is 7.14. The van der Waals surface area contributed by atoms with Crippen LogP contribution in [0.15, 0.2) is 60.7 Å². The van der Waals surface area contributed by atoms with Crippen LogP contribution in [0.25, 0.3) is 10.9 Å². The molecule has 0 spiro atoms. The first-order valence-electron chi connectivity index (χ1n) is 13.7. The maximum absolute atomic E-state index is 13.2. The summed E-state index contributed by atoms with van der Waals surface area (Å²) in [6.45, 7) is 7.72. The average Bonchev–Trinajstić information content (AvgIpc) is 3.17. The van der Waals surface area contributed by atoms with E-state index in [-0.39, 0.29) is 11.9 Å². The third kappa shape index (κ3) is 6.50. The number of nitrogens with zero attached hydrogens (tertiary/aromatic N) is 1. The zero-order valence-electron chi connectivity index (χ0n) is 23.8. The molecule has 0 saturated carbocycles. The van der Waals surface area contributed by atoms with Crippen molar-refractivity contribution in [1.82, 2.24) is 9.88 Å². The van der Waals surface area contributed by atoms with E-state index < -0.39 is 12.1 Å². The highest BCUT2D eigenvalue weighted by molar-refractivity contribution is 6.32. The summed E-state index contributed by atoms with van der Waals surface area (Å²) in [7, 11) is 2.00. The van der Waals surface area contributed by atoms with Crippen LogP contribution in [0.5, 0.6) is 5.75 Å². The molecule has 0 bridgehead atoms. The lowest BCUT2D eigenvalue weighted by atomic mass is 10.0. The van der Waals surface area contributed by atoms with E-state index in [0.29, 0.717) is 22.8 Å². The number of carboxylic acids is 1. The Morgan fingerprint density at radius 3 is 2.40 bits per heavy atom. The van der Waals surface area contributed by atoms with Crippen molar-refractivity contribution in [2.24, 2.45) is 7.05 Å². The molecule has 0 fully saturated rings. The second-order valence-electron chi connectivity index (χ2n) is 10.4. The molecule has 7 heteroatoms. The van der Waals surface area contributed by atoms with Crippen molar-refractivity contribution >= 4 is 34.4 Å². The smallest absolute Gasteiger partial charge is 0.344 e. The number of amides is 1. The van der Waals surface area contributed by atoms with Crippen molar-refractivity contribution in [2.75, 3.05) is 0 Å². The third-order valence-corrected chi connectivity index (χ3v) is 7.87. The molecule has 0 unspecified atom stereocenters. The standard InChI is InChI=1S/C33H37ClN2O4/c1-6-7-8-23-9-12-25(13-10-23)20(2)35-32(37)26-14-15-27-28(21(3)36(5)30(27)19-26)17-24-11-16-29(34)31(18-24)40-22(4)33(38)39/h9-16,18-20,22H,6-8,17H2,1-5H3,(H,35,37)(H,38,39)/t20-,22+/m0/s1. The number of halogens is 1. The molecule has 0 saturated heterocycles. The molecule has 0 aliphatic rings. The maximum Gasteiger partial charge on any atom is 0.344 e. The molecule has 6 nitrogen and oxygen atoms in total. The monoisotopic (exact) mass is 560 g/mol. The molecule has 0 radical (unpaired) electrons. The van der Waals surface area contributed by atoms with E-state index in [1.807, 2.05) is 38.2 Å². The predicted molar refractivity (Wildman–Crippen MR) is 161 cm³/mol. The highest BCUT2D eigenvalue weighted by atomic mass is 35.5. The number of benzene rings is 3. The maximum atomic E-state index is 13.2. The van der Waals surface area contributed by atoms with Crippen LogP contribution in [-0.4, -0.2) is 27.7 Å². The van der Waals surface area contributed by atoms with Crippen molar-refractivity contribution in [1.29, 1.82) is 0 Å². The van der Waals surface area contributed by atoms with Gasteiger partial charge in [-0.3, -0.25) is 4.79 Å². The van der Waals surface area contributed by atoms with Crippen LogP contribution >= 0.6 is 11.6 Å². The van der Waals surface area contributed by atoms with Gasteiger partial charge in [0.2, 0.25) is 0 Å². The van der Waals surface area contributed by atoms with E-state index >= 15 is 0 Å². The van der Waals surface area contributed by atoms with Gasteiger partial charge in [0.15, 0.2) is 6.10 Å². The fraction of sp³-hybridized carbons (Fsp3) is 0.333. The number of hydrogen-bond donors (Lipinski definition) is 2. The van der Waals surface area contributed by atoms with Gasteiger partial charge in [-0.2, -0.15) is 0 Å². The number of ether oxygens (including phenoxy) is 1. The largest absolute Gasteiger partial charge is 0.479 e. The molecule has 40 heavy (non-hydrogen) atoms. The van der Waals surface area contributed by atoms with E-state index in [1.165, 1.54) is 25.3 Å². The average molecular weight is 561 g/mol. The minimum atomic E-state index is -1.05.